The minimum Gasteiger partial charge on any atom is -0.0683 e. The second-order valence-electron chi connectivity index (χ2n) is 6.24. The van der Waals surface area contributed by atoms with Crippen LogP contribution in [0.25, 0.3) is 22.3 Å². The van der Waals surface area contributed by atoms with Gasteiger partial charge in [0.1, 0.15) is 0 Å². The molecule has 0 radical (unpaired) electrons. The van der Waals surface area contributed by atoms with Gasteiger partial charge in [-0.25, -0.2) is 0 Å². The molecule has 1 aliphatic rings. The lowest BCUT2D eigenvalue weighted by molar-refractivity contribution is 0.939. The topological polar surface area (TPSA) is 0 Å². The van der Waals surface area contributed by atoms with Gasteiger partial charge in [0.2, 0.25) is 0 Å². The maximum absolute atomic E-state index is 2.33. The van der Waals surface area contributed by atoms with Gasteiger partial charge in [0.15, 0.2) is 0 Å². The van der Waals surface area contributed by atoms with Crippen LogP contribution in [0.2, 0.25) is 0 Å². The molecule has 0 saturated heterocycles. The van der Waals surface area contributed by atoms with Gasteiger partial charge in [-0.15, -0.1) is 0 Å². The van der Waals surface area contributed by atoms with Gasteiger partial charge in [0.05, 0.1) is 0 Å². The Morgan fingerprint density at radius 2 is 1.12 bits per heavy atom. The molecule has 0 amide bonds. The van der Waals surface area contributed by atoms with Crippen molar-refractivity contribution in [1.82, 2.24) is 0 Å². The van der Waals surface area contributed by atoms with Gasteiger partial charge in [-0.1, -0.05) is 88.4 Å². The highest BCUT2D eigenvalue weighted by Gasteiger charge is 2.19. The molecule has 3 aromatic carbocycles. The summed E-state index contributed by atoms with van der Waals surface area (Å²) in [7, 11) is 0. The Kier molecular flexibility index (Phi) is 7.21. The second-order valence-corrected chi connectivity index (χ2v) is 6.24. The van der Waals surface area contributed by atoms with Crippen LogP contribution in [0.3, 0.4) is 0 Å². The van der Waals surface area contributed by atoms with E-state index in [2.05, 4.69) is 74.5 Å². The first-order valence-corrected chi connectivity index (χ1v) is 10.0. The molecule has 0 heterocycles. The number of hydrogen-bond acceptors (Lipinski definition) is 0. The zero-order chi connectivity index (χ0) is 19.1. The molecule has 0 N–H and O–H groups in total. The normalized spacial score (nSPS) is 11.2. The van der Waals surface area contributed by atoms with Crippen LogP contribution in [0.5, 0.6) is 0 Å². The van der Waals surface area contributed by atoms with E-state index >= 15 is 0 Å². The van der Waals surface area contributed by atoms with Crippen LogP contribution in [0.15, 0.2) is 60.7 Å². The Bertz CT molecular complexity index is 856. The van der Waals surface area contributed by atoms with Gasteiger partial charge in [-0.2, -0.15) is 0 Å². The van der Waals surface area contributed by atoms with Crippen molar-refractivity contribution in [3.8, 4) is 22.3 Å². The van der Waals surface area contributed by atoms with Crippen LogP contribution in [0.1, 0.15) is 49.9 Å². The highest BCUT2D eigenvalue weighted by molar-refractivity contribution is 5.84. The molecule has 4 rings (SSSR count). The fourth-order valence-corrected chi connectivity index (χ4v) is 3.77. The fourth-order valence-electron chi connectivity index (χ4n) is 3.77. The van der Waals surface area contributed by atoms with E-state index < -0.39 is 0 Å². The molecule has 1 aliphatic carbocycles. The molecule has 0 aromatic heterocycles. The summed E-state index contributed by atoms with van der Waals surface area (Å²) in [4.78, 5) is 0. The SMILES string of the molecule is CC.CC.Cc1ccccc1-c1ccc2c(c1C)-c1ccccc1CC2. The number of benzene rings is 3. The van der Waals surface area contributed by atoms with Crippen LogP contribution in [0.4, 0.5) is 0 Å². The number of aryl methyl sites for hydroxylation is 3. The molecule has 0 aliphatic heterocycles. The van der Waals surface area contributed by atoms with Gasteiger partial charge in [-0.05, 0) is 71.2 Å². The summed E-state index contributed by atoms with van der Waals surface area (Å²) in [6.07, 6.45) is 2.31. The van der Waals surface area contributed by atoms with Gasteiger partial charge < -0.3 is 0 Å². The van der Waals surface area contributed by atoms with Crippen molar-refractivity contribution >= 4 is 0 Å². The van der Waals surface area contributed by atoms with Gasteiger partial charge in [0, 0.05) is 0 Å². The van der Waals surface area contributed by atoms with Crippen molar-refractivity contribution in [2.24, 2.45) is 0 Å². The number of hydrogen-bond donors (Lipinski definition) is 0. The summed E-state index contributed by atoms with van der Waals surface area (Å²) < 4.78 is 0. The minimum absolute atomic E-state index is 1.15. The lowest BCUT2D eigenvalue weighted by Crippen LogP contribution is -2.06. The van der Waals surface area contributed by atoms with E-state index in [0.717, 1.165) is 12.8 Å². The maximum Gasteiger partial charge on any atom is -0.0114 e. The van der Waals surface area contributed by atoms with E-state index in [4.69, 9.17) is 0 Å². The van der Waals surface area contributed by atoms with E-state index in [1.807, 2.05) is 27.7 Å². The Morgan fingerprint density at radius 1 is 0.538 bits per heavy atom. The fraction of sp³-hybridized carbons (Fsp3) is 0.308. The summed E-state index contributed by atoms with van der Waals surface area (Å²) in [5.41, 5.74) is 11.3. The molecular formula is C26H32. The maximum atomic E-state index is 2.33. The monoisotopic (exact) mass is 344 g/mol. The van der Waals surface area contributed by atoms with E-state index in [9.17, 15) is 0 Å². The van der Waals surface area contributed by atoms with Crippen LogP contribution in [-0.2, 0) is 12.8 Å². The second kappa shape index (κ2) is 9.38. The lowest BCUT2D eigenvalue weighted by atomic mass is 9.80. The summed E-state index contributed by atoms with van der Waals surface area (Å²) in [6, 6.07) is 22.2. The Labute approximate surface area is 159 Å². The van der Waals surface area contributed by atoms with E-state index in [1.165, 1.54) is 44.5 Å². The number of fused-ring (bicyclic) bond motifs is 3. The van der Waals surface area contributed by atoms with Crippen molar-refractivity contribution in [3.05, 3.63) is 82.9 Å². The summed E-state index contributed by atoms with van der Waals surface area (Å²) >= 11 is 0. The van der Waals surface area contributed by atoms with Crippen LogP contribution < -0.4 is 0 Å². The smallest absolute Gasteiger partial charge is 0.0114 e. The summed E-state index contributed by atoms with van der Waals surface area (Å²) in [5.74, 6) is 0. The van der Waals surface area contributed by atoms with Gasteiger partial charge in [0.25, 0.3) is 0 Å². The molecule has 0 unspecified atom stereocenters. The lowest BCUT2D eigenvalue weighted by Gasteiger charge is -2.24. The quantitative estimate of drug-likeness (QED) is 0.422. The highest BCUT2D eigenvalue weighted by Crippen LogP contribution is 2.40. The largest absolute Gasteiger partial charge is 0.0683 e. The average Bonchev–Trinajstić information content (AvgIpc) is 2.72. The molecule has 0 heteroatoms. The summed E-state index contributed by atoms with van der Waals surface area (Å²) in [6.45, 7) is 12.5. The predicted molar refractivity (Wildman–Crippen MR) is 117 cm³/mol. The van der Waals surface area contributed by atoms with E-state index in [1.54, 1.807) is 0 Å². The van der Waals surface area contributed by atoms with Crippen molar-refractivity contribution in [2.45, 2.75) is 54.4 Å². The first-order valence-electron chi connectivity index (χ1n) is 10.0. The van der Waals surface area contributed by atoms with Crippen LogP contribution in [0, 0.1) is 13.8 Å². The molecule has 0 fully saturated rings. The van der Waals surface area contributed by atoms with Gasteiger partial charge >= 0.3 is 0 Å². The van der Waals surface area contributed by atoms with Crippen molar-refractivity contribution in [1.29, 1.82) is 0 Å². The molecule has 0 nitrogen and oxygen atoms in total. The van der Waals surface area contributed by atoms with Gasteiger partial charge in [-0.3, -0.25) is 0 Å². The zero-order valence-electron chi connectivity index (χ0n) is 17.2. The predicted octanol–water partition coefficient (Wildman–Crippen LogP) is 7.79. The zero-order valence-corrected chi connectivity index (χ0v) is 17.2. The average molecular weight is 345 g/mol. The van der Waals surface area contributed by atoms with Crippen molar-refractivity contribution in [3.63, 3.8) is 0 Å². The highest BCUT2D eigenvalue weighted by atomic mass is 14.2. The Morgan fingerprint density at radius 3 is 1.81 bits per heavy atom. The van der Waals surface area contributed by atoms with Crippen LogP contribution >= 0.6 is 0 Å². The van der Waals surface area contributed by atoms with Crippen molar-refractivity contribution < 1.29 is 0 Å². The molecule has 3 aromatic rings. The standard InChI is InChI=1S/C22H20.2C2H6/c1-15-7-3-5-9-19(15)20-14-13-18-12-11-17-8-4-6-10-21(17)22(18)16(20)2;2*1-2/h3-10,13-14H,11-12H2,1-2H3;2*1-2H3. The third kappa shape index (κ3) is 3.75. The molecule has 26 heavy (non-hydrogen) atoms. The molecule has 136 valence electrons. The third-order valence-electron chi connectivity index (χ3n) is 4.94. The minimum atomic E-state index is 1.15. The van der Waals surface area contributed by atoms with Crippen LogP contribution in [-0.4, -0.2) is 0 Å². The van der Waals surface area contributed by atoms with Crippen molar-refractivity contribution in [2.75, 3.05) is 0 Å². The molecule has 0 atom stereocenters. The molecular weight excluding hydrogens is 312 g/mol. The molecule has 0 saturated carbocycles. The van der Waals surface area contributed by atoms with E-state index in [0.29, 0.717) is 0 Å². The Balaban J connectivity index is 0.000000570. The first kappa shape index (κ1) is 20.0. The number of rotatable bonds is 1. The molecule has 0 spiro atoms. The third-order valence-corrected chi connectivity index (χ3v) is 4.94. The summed E-state index contributed by atoms with van der Waals surface area (Å²) in [5, 5.41) is 0. The molecule has 0 bridgehead atoms. The Hall–Kier alpha value is -2.34. The van der Waals surface area contributed by atoms with E-state index in [-0.39, 0.29) is 0 Å². The first-order chi connectivity index (χ1) is 12.8.